The van der Waals surface area contributed by atoms with Gasteiger partial charge in [0.15, 0.2) is 11.5 Å². The van der Waals surface area contributed by atoms with Crippen molar-refractivity contribution in [1.82, 2.24) is 14.6 Å². The van der Waals surface area contributed by atoms with Gasteiger partial charge >= 0.3 is 0 Å². The Morgan fingerprint density at radius 2 is 1.95 bits per heavy atom. The topological polar surface area (TPSA) is 85.7 Å². The van der Waals surface area contributed by atoms with Crippen molar-refractivity contribution in [3.8, 4) is 11.5 Å². The van der Waals surface area contributed by atoms with Crippen molar-refractivity contribution < 1.29 is 9.84 Å². The zero-order valence-corrected chi connectivity index (χ0v) is 10.0. The van der Waals surface area contributed by atoms with Gasteiger partial charge in [0.1, 0.15) is 23.9 Å². The van der Waals surface area contributed by atoms with Gasteiger partial charge in [0, 0.05) is 0 Å². The highest BCUT2D eigenvalue weighted by Gasteiger charge is 2.06. The lowest BCUT2D eigenvalue weighted by Crippen LogP contribution is -2.00. The SMILES string of the molecule is Nc1cccc2nc(COc3ccc(O)cc3)nn12. The number of aromatic nitrogens is 3. The van der Waals surface area contributed by atoms with Gasteiger partial charge in [0.2, 0.25) is 0 Å². The molecule has 0 saturated carbocycles. The van der Waals surface area contributed by atoms with Gasteiger partial charge in [-0.25, -0.2) is 4.98 Å². The number of pyridine rings is 1. The summed E-state index contributed by atoms with van der Waals surface area (Å²) in [5.41, 5.74) is 6.47. The van der Waals surface area contributed by atoms with Crippen LogP contribution >= 0.6 is 0 Å². The molecule has 3 rings (SSSR count). The molecule has 0 aliphatic heterocycles. The molecular weight excluding hydrogens is 244 g/mol. The van der Waals surface area contributed by atoms with Gasteiger partial charge in [-0.1, -0.05) is 6.07 Å². The number of hydrogen-bond donors (Lipinski definition) is 2. The van der Waals surface area contributed by atoms with Crippen molar-refractivity contribution in [2.45, 2.75) is 6.61 Å². The Labute approximate surface area is 109 Å². The second kappa shape index (κ2) is 4.49. The highest BCUT2D eigenvalue weighted by molar-refractivity contribution is 5.45. The van der Waals surface area contributed by atoms with E-state index in [1.165, 1.54) is 0 Å². The Morgan fingerprint density at radius 1 is 1.16 bits per heavy atom. The van der Waals surface area contributed by atoms with E-state index in [1.807, 2.05) is 12.1 Å². The maximum absolute atomic E-state index is 9.17. The highest BCUT2D eigenvalue weighted by Crippen LogP contribution is 2.17. The lowest BCUT2D eigenvalue weighted by atomic mass is 10.3. The molecule has 3 aromatic rings. The second-order valence-corrected chi connectivity index (χ2v) is 4.03. The minimum Gasteiger partial charge on any atom is -0.508 e. The van der Waals surface area contributed by atoms with E-state index < -0.39 is 0 Å². The monoisotopic (exact) mass is 256 g/mol. The maximum atomic E-state index is 9.17. The number of phenols is 1. The normalized spacial score (nSPS) is 10.7. The predicted octanol–water partition coefficient (Wildman–Crippen LogP) is 1.60. The van der Waals surface area contributed by atoms with E-state index in [0.29, 0.717) is 23.0 Å². The average molecular weight is 256 g/mol. The number of nitrogens with two attached hydrogens (primary N) is 1. The van der Waals surface area contributed by atoms with Crippen molar-refractivity contribution >= 4 is 11.5 Å². The largest absolute Gasteiger partial charge is 0.508 e. The molecule has 0 spiro atoms. The number of hydrogen-bond acceptors (Lipinski definition) is 5. The molecule has 6 heteroatoms. The minimum absolute atomic E-state index is 0.200. The Hall–Kier alpha value is -2.76. The highest BCUT2D eigenvalue weighted by atomic mass is 16.5. The van der Waals surface area contributed by atoms with Gasteiger partial charge < -0.3 is 15.6 Å². The zero-order chi connectivity index (χ0) is 13.2. The van der Waals surface area contributed by atoms with E-state index >= 15 is 0 Å². The molecule has 19 heavy (non-hydrogen) atoms. The number of nitrogens with zero attached hydrogens (tertiary/aromatic N) is 3. The number of nitrogen functional groups attached to an aromatic ring is 1. The molecule has 96 valence electrons. The lowest BCUT2D eigenvalue weighted by molar-refractivity contribution is 0.295. The molecule has 0 unspecified atom stereocenters. The molecule has 2 heterocycles. The number of anilines is 1. The van der Waals surface area contributed by atoms with Crippen LogP contribution in [0.1, 0.15) is 5.82 Å². The van der Waals surface area contributed by atoms with E-state index in [2.05, 4.69) is 10.1 Å². The van der Waals surface area contributed by atoms with Crippen LogP contribution in [0.15, 0.2) is 42.5 Å². The van der Waals surface area contributed by atoms with Crippen LogP contribution in [0.25, 0.3) is 5.65 Å². The van der Waals surface area contributed by atoms with Crippen molar-refractivity contribution in [1.29, 1.82) is 0 Å². The quantitative estimate of drug-likeness (QED) is 0.743. The fraction of sp³-hybridized carbons (Fsp3) is 0.0769. The first-order chi connectivity index (χ1) is 9.22. The maximum Gasteiger partial charge on any atom is 0.189 e. The fourth-order valence-electron chi connectivity index (χ4n) is 1.72. The van der Waals surface area contributed by atoms with Crippen LogP contribution in [-0.4, -0.2) is 19.7 Å². The Bertz CT molecular complexity index is 706. The van der Waals surface area contributed by atoms with E-state index in [1.54, 1.807) is 34.8 Å². The summed E-state index contributed by atoms with van der Waals surface area (Å²) in [6.45, 7) is 0.242. The summed E-state index contributed by atoms with van der Waals surface area (Å²) < 4.78 is 7.09. The van der Waals surface area contributed by atoms with Crippen molar-refractivity contribution in [2.75, 3.05) is 5.73 Å². The third-order valence-corrected chi connectivity index (χ3v) is 2.64. The van der Waals surface area contributed by atoms with Gasteiger partial charge in [-0.05, 0) is 36.4 Å². The zero-order valence-electron chi connectivity index (χ0n) is 10.0. The van der Waals surface area contributed by atoms with Gasteiger partial charge in [-0.15, -0.1) is 5.10 Å². The molecule has 0 atom stereocenters. The number of fused-ring (bicyclic) bond motifs is 1. The van der Waals surface area contributed by atoms with Gasteiger partial charge in [-0.2, -0.15) is 4.52 Å². The lowest BCUT2D eigenvalue weighted by Gasteiger charge is -2.02. The molecule has 0 saturated heterocycles. The summed E-state index contributed by atoms with van der Waals surface area (Å²) in [4.78, 5) is 4.30. The third-order valence-electron chi connectivity index (χ3n) is 2.64. The number of ether oxygens (including phenoxy) is 1. The molecular formula is C13H12N4O2. The number of benzene rings is 1. The Balaban J connectivity index is 1.78. The Morgan fingerprint density at radius 3 is 2.68 bits per heavy atom. The second-order valence-electron chi connectivity index (χ2n) is 4.03. The fourth-order valence-corrected chi connectivity index (χ4v) is 1.72. The molecule has 1 aromatic carbocycles. The van der Waals surface area contributed by atoms with Crippen LogP contribution < -0.4 is 10.5 Å². The van der Waals surface area contributed by atoms with Crippen LogP contribution in [0.5, 0.6) is 11.5 Å². The van der Waals surface area contributed by atoms with E-state index in [-0.39, 0.29) is 12.4 Å². The average Bonchev–Trinajstić information content (AvgIpc) is 2.83. The van der Waals surface area contributed by atoms with Gasteiger partial charge in [0.05, 0.1) is 0 Å². The summed E-state index contributed by atoms with van der Waals surface area (Å²) >= 11 is 0. The summed E-state index contributed by atoms with van der Waals surface area (Å²) in [6, 6.07) is 11.9. The first-order valence-corrected chi connectivity index (χ1v) is 5.74. The van der Waals surface area contributed by atoms with Crippen LogP contribution in [0.4, 0.5) is 5.82 Å². The number of phenolic OH excluding ortho intramolecular Hbond substituents is 1. The summed E-state index contributed by atoms with van der Waals surface area (Å²) in [5.74, 6) is 1.92. The first kappa shape index (κ1) is 11.3. The van der Waals surface area contributed by atoms with Crippen LogP contribution in [0.3, 0.4) is 0 Å². The minimum atomic E-state index is 0.200. The molecule has 0 radical (unpaired) electrons. The summed E-state index contributed by atoms with van der Waals surface area (Å²) in [6.07, 6.45) is 0. The van der Waals surface area contributed by atoms with Gasteiger partial charge in [0.25, 0.3) is 0 Å². The molecule has 0 amide bonds. The molecule has 0 aliphatic carbocycles. The van der Waals surface area contributed by atoms with E-state index in [0.717, 1.165) is 0 Å². The molecule has 0 bridgehead atoms. The van der Waals surface area contributed by atoms with Gasteiger partial charge in [-0.3, -0.25) is 0 Å². The molecule has 6 nitrogen and oxygen atoms in total. The predicted molar refractivity (Wildman–Crippen MR) is 69.8 cm³/mol. The smallest absolute Gasteiger partial charge is 0.189 e. The summed E-state index contributed by atoms with van der Waals surface area (Å²) in [5, 5.41) is 13.4. The molecule has 3 N–H and O–H groups in total. The number of rotatable bonds is 3. The van der Waals surface area contributed by atoms with E-state index in [9.17, 15) is 5.11 Å². The number of aromatic hydroxyl groups is 1. The molecule has 2 aromatic heterocycles. The first-order valence-electron chi connectivity index (χ1n) is 5.74. The van der Waals surface area contributed by atoms with Crippen LogP contribution in [-0.2, 0) is 6.61 Å². The van der Waals surface area contributed by atoms with Crippen molar-refractivity contribution in [2.24, 2.45) is 0 Å². The standard InChI is InChI=1S/C13H12N4O2/c14-11-2-1-3-13-15-12(16-17(11)13)8-19-10-6-4-9(18)5-7-10/h1-7,18H,8,14H2. The Kier molecular flexibility index (Phi) is 2.68. The van der Waals surface area contributed by atoms with E-state index in [4.69, 9.17) is 10.5 Å². The van der Waals surface area contributed by atoms with Crippen molar-refractivity contribution in [3.05, 3.63) is 48.3 Å². The summed E-state index contributed by atoms with van der Waals surface area (Å²) in [7, 11) is 0. The van der Waals surface area contributed by atoms with Crippen LogP contribution in [0, 0.1) is 0 Å². The molecule has 0 aliphatic rings. The van der Waals surface area contributed by atoms with Crippen LogP contribution in [0.2, 0.25) is 0 Å². The molecule has 0 fully saturated rings. The van der Waals surface area contributed by atoms with Crippen molar-refractivity contribution in [3.63, 3.8) is 0 Å². The third kappa shape index (κ3) is 2.28.